The lowest BCUT2D eigenvalue weighted by atomic mass is 10.1. The Morgan fingerprint density at radius 2 is 1.88 bits per heavy atom. The number of para-hydroxylation sites is 1. The van der Waals surface area contributed by atoms with Crippen LogP contribution in [-0.4, -0.2) is 0 Å². The lowest BCUT2D eigenvalue weighted by molar-refractivity contribution is -0.586. The minimum atomic E-state index is 0.775. The van der Waals surface area contributed by atoms with E-state index in [9.17, 15) is 5.21 Å². The largest absolute Gasteiger partial charge is 0.618 e. The van der Waals surface area contributed by atoms with E-state index in [0.717, 1.165) is 34.2 Å². The number of nitrogens with zero attached hydrogens (tertiary/aromatic N) is 1. The topological polar surface area (TPSA) is 26.9 Å². The van der Waals surface area contributed by atoms with Gasteiger partial charge in [0.05, 0.1) is 0 Å². The highest BCUT2D eigenvalue weighted by Crippen LogP contribution is 2.11. The van der Waals surface area contributed by atoms with Crippen molar-refractivity contribution in [2.45, 2.75) is 32.6 Å². The van der Waals surface area contributed by atoms with Gasteiger partial charge in [-0.3, -0.25) is 0 Å². The standard InChI is InChI=1S/C14H17NO/c1-2-3-4-8-13-11-10-12-7-5-6-9-14(12)15(13)16/h5-7,9-11H,2-4,8H2,1H3. The monoisotopic (exact) mass is 215 g/mol. The molecule has 0 fully saturated rings. The van der Waals surface area contributed by atoms with Crippen molar-refractivity contribution in [3.63, 3.8) is 0 Å². The van der Waals surface area contributed by atoms with Gasteiger partial charge in [0, 0.05) is 23.9 Å². The molecule has 0 bridgehead atoms. The second kappa shape index (κ2) is 4.97. The molecule has 2 aromatic rings. The summed E-state index contributed by atoms with van der Waals surface area (Å²) in [6, 6.07) is 11.7. The van der Waals surface area contributed by atoms with Gasteiger partial charge in [-0.15, -0.1) is 0 Å². The molecule has 0 radical (unpaired) electrons. The van der Waals surface area contributed by atoms with E-state index in [1.165, 1.54) is 12.8 Å². The predicted molar refractivity (Wildman–Crippen MR) is 66.1 cm³/mol. The van der Waals surface area contributed by atoms with Crippen molar-refractivity contribution in [2.24, 2.45) is 0 Å². The molecular weight excluding hydrogens is 198 g/mol. The van der Waals surface area contributed by atoms with E-state index in [0.29, 0.717) is 0 Å². The Morgan fingerprint density at radius 1 is 1.06 bits per heavy atom. The van der Waals surface area contributed by atoms with Crippen LogP contribution < -0.4 is 4.73 Å². The smallest absolute Gasteiger partial charge is 0.223 e. The Hall–Kier alpha value is -1.57. The van der Waals surface area contributed by atoms with E-state index in [2.05, 4.69) is 6.92 Å². The van der Waals surface area contributed by atoms with Gasteiger partial charge in [0.1, 0.15) is 0 Å². The molecule has 0 aliphatic heterocycles. The summed E-state index contributed by atoms with van der Waals surface area (Å²) in [5, 5.41) is 13.1. The van der Waals surface area contributed by atoms with Crippen LogP contribution in [0.4, 0.5) is 0 Å². The van der Waals surface area contributed by atoms with Crippen LogP contribution in [0.1, 0.15) is 31.9 Å². The number of benzene rings is 1. The summed E-state index contributed by atoms with van der Waals surface area (Å²) in [4.78, 5) is 0. The van der Waals surface area contributed by atoms with Crippen LogP contribution in [0.2, 0.25) is 0 Å². The Kier molecular flexibility index (Phi) is 3.40. The zero-order valence-corrected chi connectivity index (χ0v) is 9.65. The third-order valence-electron chi connectivity index (χ3n) is 2.91. The molecule has 0 aliphatic carbocycles. The number of hydrogen-bond acceptors (Lipinski definition) is 1. The van der Waals surface area contributed by atoms with Crippen molar-refractivity contribution in [1.82, 2.24) is 0 Å². The Morgan fingerprint density at radius 3 is 2.69 bits per heavy atom. The molecule has 1 aromatic heterocycles. The highest BCUT2D eigenvalue weighted by Gasteiger charge is 2.08. The van der Waals surface area contributed by atoms with Crippen LogP contribution in [0.5, 0.6) is 0 Å². The molecule has 0 spiro atoms. The minimum absolute atomic E-state index is 0.775. The number of rotatable bonds is 4. The third kappa shape index (κ3) is 2.16. The van der Waals surface area contributed by atoms with Crippen molar-refractivity contribution < 1.29 is 4.73 Å². The molecule has 16 heavy (non-hydrogen) atoms. The highest BCUT2D eigenvalue weighted by molar-refractivity contribution is 5.75. The molecule has 0 amide bonds. The van der Waals surface area contributed by atoms with Crippen LogP contribution in [0.25, 0.3) is 10.9 Å². The molecule has 2 rings (SSSR count). The summed E-state index contributed by atoms with van der Waals surface area (Å²) in [5.74, 6) is 0. The predicted octanol–water partition coefficient (Wildman–Crippen LogP) is 3.21. The second-order valence-electron chi connectivity index (χ2n) is 4.13. The summed E-state index contributed by atoms with van der Waals surface area (Å²) >= 11 is 0. The zero-order valence-electron chi connectivity index (χ0n) is 9.65. The fourth-order valence-electron chi connectivity index (χ4n) is 1.96. The van der Waals surface area contributed by atoms with Crippen molar-refractivity contribution in [3.05, 3.63) is 47.3 Å². The Balaban J connectivity index is 2.29. The van der Waals surface area contributed by atoms with Gasteiger partial charge in [0.15, 0.2) is 5.69 Å². The van der Waals surface area contributed by atoms with Gasteiger partial charge in [0.25, 0.3) is 0 Å². The van der Waals surface area contributed by atoms with Gasteiger partial charge in [-0.1, -0.05) is 31.9 Å². The number of aryl methyl sites for hydroxylation is 1. The van der Waals surface area contributed by atoms with Gasteiger partial charge in [-0.2, -0.15) is 4.73 Å². The van der Waals surface area contributed by atoms with Crippen molar-refractivity contribution >= 4 is 10.9 Å². The van der Waals surface area contributed by atoms with Crippen molar-refractivity contribution in [2.75, 3.05) is 0 Å². The molecular formula is C14H17NO. The van der Waals surface area contributed by atoms with Gasteiger partial charge in [-0.05, 0) is 18.6 Å². The molecule has 84 valence electrons. The van der Waals surface area contributed by atoms with Gasteiger partial charge < -0.3 is 5.21 Å². The summed E-state index contributed by atoms with van der Waals surface area (Å²) in [6.45, 7) is 2.17. The molecule has 2 nitrogen and oxygen atoms in total. The Labute approximate surface area is 96.1 Å². The number of aromatic nitrogens is 1. The van der Waals surface area contributed by atoms with E-state index < -0.39 is 0 Å². The highest BCUT2D eigenvalue weighted by atomic mass is 16.5. The first-order valence-corrected chi connectivity index (χ1v) is 5.93. The van der Waals surface area contributed by atoms with Crippen molar-refractivity contribution in [3.8, 4) is 0 Å². The Bertz CT molecular complexity index is 479. The second-order valence-corrected chi connectivity index (χ2v) is 4.13. The summed E-state index contributed by atoms with van der Waals surface area (Å²) in [5.41, 5.74) is 1.66. The normalized spacial score (nSPS) is 10.8. The molecule has 0 atom stereocenters. The van der Waals surface area contributed by atoms with Crippen LogP contribution in [0.15, 0.2) is 36.4 Å². The van der Waals surface area contributed by atoms with Crippen LogP contribution in [-0.2, 0) is 6.42 Å². The number of hydrogen-bond donors (Lipinski definition) is 0. The fraction of sp³-hybridized carbons (Fsp3) is 0.357. The van der Waals surface area contributed by atoms with Crippen molar-refractivity contribution in [1.29, 1.82) is 0 Å². The van der Waals surface area contributed by atoms with Gasteiger partial charge in [-0.25, -0.2) is 0 Å². The average Bonchev–Trinajstić information content (AvgIpc) is 2.33. The molecule has 0 N–H and O–H groups in total. The molecule has 0 unspecified atom stereocenters. The third-order valence-corrected chi connectivity index (χ3v) is 2.91. The molecule has 2 heteroatoms. The summed E-state index contributed by atoms with van der Waals surface area (Å²) in [7, 11) is 0. The maximum atomic E-state index is 12.0. The first kappa shape index (κ1) is 10.9. The van der Waals surface area contributed by atoms with Gasteiger partial charge >= 0.3 is 0 Å². The van der Waals surface area contributed by atoms with E-state index in [1.54, 1.807) is 0 Å². The van der Waals surface area contributed by atoms with Crippen LogP contribution >= 0.6 is 0 Å². The van der Waals surface area contributed by atoms with E-state index in [-0.39, 0.29) is 0 Å². The van der Waals surface area contributed by atoms with E-state index in [4.69, 9.17) is 0 Å². The van der Waals surface area contributed by atoms with E-state index in [1.807, 2.05) is 36.4 Å². The van der Waals surface area contributed by atoms with Crippen LogP contribution in [0.3, 0.4) is 0 Å². The van der Waals surface area contributed by atoms with Crippen LogP contribution in [0, 0.1) is 5.21 Å². The number of unbranched alkanes of at least 4 members (excludes halogenated alkanes) is 2. The summed E-state index contributed by atoms with van der Waals surface area (Å²) < 4.78 is 1.07. The quantitative estimate of drug-likeness (QED) is 0.437. The number of fused-ring (bicyclic) bond motifs is 1. The summed E-state index contributed by atoms with van der Waals surface area (Å²) in [6.07, 6.45) is 4.35. The van der Waals surface area contributed by atoms with E-state index >= 15 is 0 Å². The lowest BCUT2D eigenvalue weighted by Crippen LogP contribution is -2.32. The number of pyridine rings is 1. The molecule has 0 saturated heterocycles. The SMILES string of the molecule is CCCCCc1ccc2ccccc2[n+]1[O-]. The lowest BCUT2D eigenvalue weighted by Gasteiger charge is -2.07. The maximum absolute atomic E-state index is 12.0. The first-order chi connectivity index (χ1) is 7.83. The van der Waals surface area contributed by atoms with Gasteiger partial charge in [0.2, 0.25) is 5.52 Å². The molecule has 1 heterocycles. The first-order valence-electron chi connectivity index (χ1n) is 5.93. The maximum Gasteiger partial charge on any atom is 0.223 e. The molecule has 0 saturated carbocycles. The average molecular weight is 215 g/mol. The molecule has 0 aliphatic rings. The fourth-order valence-corrected chi connectivity index (χ4v) is 1.96. The zero-order chi connectivity index (χ0) is 11.4. The minimum Gasteiger partial charge on any atom is -0.618 e. The molecule has 1 aromatic carbocycles.